The first kappa shape index (κ1) is 7.28. The molecule has 0 spiro atoms. The summed E-state index contributed by atoms with van der Waals surface area (Å²) in [5.41, 5.74) is 1.05. The Kier molecular flexibility index (Phi) is 1.76. The van der Waals surface area contributed by atoms with Gasteiger partial charge in [0.1, 0.15) is 5.84 Å². The van der Waals surface area contributed by atoms with Crippen molar-refractivity contribution in [3.8, 4) is 0 Å². The van der Waals surface area contributed by atoms with Crippen LogP contribution in [0.4, 0.5) is 0 Å². The van der Waals surface area contributed by atoms with Crippen LogP contribution in [0.2, 0.25) is 0 Å². The van der Waals surface area contributed by atoms with Crippen LogP contribution in [0.15, 0.2) is 16.8 Å². The molecule has 0 radical (unpaired) electrons. The Morgan fingerprint density at radius 3 is 2.70 bits per heavy atom. The number of hydrogen-bond acceptors (Lipinski definition) is 3. The molecule has 3 nitrogen and oxygen atoms in total. The van der Waals surface area contributed by atoms with Gasteiger partial charge < -0.3 is 0 Å². The summed E-state index contributed by atoms with van der Waals surface area (Å²) in [5, 5.41) is 1.66. The minimum absolute atomic E-state index is 0.275. The van der Waals surface area contributed by atoms with E-state index >= 15 is 0 Å². The molecule has 0 aromatic heterocycles. The number of aliphatic imine (C=N–C) groups is 1. The minimum atomic E-state index is 0.275. The first-order valence-corrected chi connectivity index (χ1v) is 3.39. The smallest absolute Gasteiger partial charge is 0.116 e. The Balaban J connectivity index is 2.85. The van der Waals surface area contributed by atoms with Crippen LogP contribution in [0, 0.1) is 0 Å². The van der Waals surface area contributed by atoms with Crippen LogP contribution in [0.5, 0.6) is 0 Å². The van der Waals surface area contributed by atoms with Crippen molar-refractivity contribution in [3.63, 3.8) is 0 Å². The summed E-state index contributed by atoms with van der Waals surface area (Å²) in [5.74, 6) is 6.52. The molecule has 1 heterocycles. The van der Waals surface area contributed by atoms with Gasteiger partial charge in [-0.1, -0.05) is 0 Å². The van der Waals surface area contributed by atoms with Gasteiger partial charge in [-0.25, -0.2) is 10.8 Å². The van der Waals surface area contributed by atoms with Crippen molar-refractivity contribution in [3.05, 3.63) is 11.8 Å². The second-order valence-electron chi connectivity index (χ2n) is 2.61. The molecular formula is C7H13N3. The molecule has 3 heteroatoms. The molecule has 0 aliphatic carbocycles. The van der Waals surface area contributed by atoms with Gasteiger partial charge in [-0.15, -0.1) is 0 Å². The molecule has 0 saturated heterocycles. The highest BCUT2D eigenvalue weighted by Gasteiger charge is 2.12. The van der Waals surface area contributed by atoms with Crippen molar-refractivity contribution in [1.29, 1.82) is 0 Å². The molecule has 0 aromatic rings. The van der Waals surface area contributed by atoms with Crippen molar-refractivity contribution in [2.45, 2.75) is 26.8 Å². The standard InChI is InChI=1S/C7H13N3/c1-5-4-6(2)10(8)7(3)9-5/h4,6H,8H2,1-3H3. The van der Waals surface area contributed by atoms with Crippen molar-refractivity contribution < 1.29 is 0 Å². The quantitative estimate of drug-likeness (QED) is 0.506. The van der Waals surface area contributed by atoms with E-state index in [0.717, 1.165) is 11.5 Å². The number of hydrazine groups is 1. The maximum Gasteiger partial charge on any atom is 0.116 e. The summed E-state index contributed by atoms with van der Waals surface area (Å²) < 4.78 is 0. The molecule has 10 heavy (non-hydrogen) atoms. The molecule has 1 rings (SSSR count). The number of amidine groups is 1. The highest BCUT2D eigenvalue weighted by atomic mass is 15.4. The lowest BCUT2D eigenvalue weighted by Crippen LogP contribution is -2.43. The Labute approximate surface area is 61.2 Å². The third-order valence-corrected chi connectivity index (χ3v) is 1.63. The molecule has 1 unspecified atom stereocenters. The largest absolute Gasteiger partial charge is 0.292 e. The topological polar surface area (TPSA) is 41.6 Å². The van der Waals surface area contributed by atoms with Crippen LogP contribution in [0.25, 0.3) is 0 Å². The van der Waals surface area contributed by atoms with E-state index in [1.165, 1.54) is 0 Å². The molecule has 0 amide bonds. The lowest BCUT2D eigenvalue weighted by atomic mass is 10.2. The number of rotatable bonds is 0. The third kappa shape index (κ3) is 1.19. The zero-order chi connectivity index (χ0) is 7.72. The molecule has 0 aromatic carbocycles. The lowest BCUT2D eigenvalue weighted by molar-refractivity contribution is 0.383. The predicted octanol–water partition coefficient (Wildman–Crippen LogP) is 0.886. The van der Waals surface area contributed by atoms with Crippen LogP contribution >= 0.6 is 0 Å². The number of nitrogens with two attached hydrogens (primary N) is 1. The van der Waals surface area contributed by atoms with Crippen LogP contribution in [0.1, 0.15) is 20.8 Å². The van der Waals surface area contributed by atoms with E-state index in [1.807, 2.05) is 26.8 Å². The van der Waals surface area contributed by atoms with Gasteiger partial charge >= 0.3 is 0 Å². The first-order chi connectivity index (χ1) is 4.61. The Hall–Kier alpha value is -0.830. The van der Waals surface area contributed by atoms with E-state index in [0.29, 0.717) is 0 Å². The van der Waals surface area contributed by atoms with E-state index in [1.54, 1.807) is 5.01 Å². The average Bonchev–Trinajstić information content (AvgIpc) is 1.82. The second kappa shape index (κ2) is 2.42. The van der Waals surface area contributed by atoms with Gasteiger partial charge in [0.05, 0.1) is 6.04 Å². The Morgan fingerprint density at radius 2 is 2.20 bits per heavy atom. The fraction of sp³-hybridized carbons (Fsp3) is 0.571. The summed E-state index contributed by atoms with van der Waals surface area (Å²) >= 11 is 0. The summed E-state index contributed by atoms with van der Waals surface area (Å²) in [7, 11) is 0. The molecule has 1 atom stereocenters. The van der Waals surface area contributed by atoms with Crippen LogP contribution < -0.4 is 5.84 Å². The molecule has 0 bridgehead atoms. The second-order valence-corrected chi connectivity index (χ2v) is 2.61. The van der Waals surface area contributed by atoms with E-state index < -0.39 is 0 Å². The van der Waals surface area contributed by atoms with Gasteiger partial charge in [-0.05, 0) is 26.8 Å². The highest BCUT2D eigenvalue weighted by Crippen LogP contribution is 2.09. The average molecular weight is 139 g/mol. The molecule has 56 valence electrons. The zero-order valence-corrected chi connectivity index (χ0v) is 6.63. The van der Waals surface area contributed by atoms with Crippen LogP contribution in [0.3, 0.4) is 0 Å². The number of nitrogens with zero attached hydrogens (tertiary/aromatic N) is 2. The van der Waals surface area contributed by atoms with Crippen molar-refractivity contribution in [2.75, 3.05) is 0 Å². The van der Waals surface area contributed by atoms with Gasteiger partial charge in [0.25, 0.3) is 0 Å². The first-order valence-electron chi connectivity index (χ1n) is 3.39. The molecule has 1 aliphatic rings. The third-order valence-electron chi connectivity index (χ3n) is 1.63. The number of allylic oxidation sites excluding steroid dienone is 1. The van der Waals surface area contributed by atoms with Gasteiger partial charge in [0, 0.05) is 5.70 Å². The van der Waals surface area contributed by atoms with Crippen molar-refractivity contribution in [2.24, 2.45) is 10.8 Å². The molecule has 2 N–H and O–H groups in total. The number of hydrogen-bond donors (Lipinski definition) is 1. The SMILES string of the molecule is CC1=CC(C)N(N)C(C)=N1. The normalized spacial score (nSPS) is 26.0. The van der Waals surface area contributed by atoms with Crippen LogP contribution in [-0.4, -0.2) is 16.9 Å². The fourth-order valence-electron chi connectivity index (χ4n) is 1.07. The van der Waals surface area contributed by atoms with Crippen molar-refractivity contribution in [1.82, 2.24) is 5.01 Å². The molecule has 1 aliphatic heterocycles. The van der Waals surface area contributed by atoms with E-state index in [4.69, 9.17) is 5.84 Å². The van der Waals surface area contributed by atoms with Gasteiger partial charge in [-0.2, -0.15) is 0 Å². The maximum atomic E-state index is 5.64. The zero-order valence-electron chi connectivity index (χ0n) is 6.63. The lowest BCUT2D eigenvalue weighted by Gasteiger charge is -2.26. The predicted molar refractivity (Wildman–Crippen MR) is 42.4 cm³/mol. The van der Waals surface area contributed by atoms with E-state index in [9.17, 15) is 0 Å². The maximum absolute atomic E-state index is 5.64. The Bertz CT molecular complexity index is 193. The summed E-state index contributed by atoms with van der Waals surface area (Å²) in [6.07, 6.45) is 2.03. The van der Waals surface area contributed by atoms with Crippen molar-refractivity contribution >= 4 is 5.84 Å². The Morgan fingerprint density at radius 1 is 1.60 bits per heavy atom. The van der Waals surface area contributed by atoms with Gasteiger partial charge in [-0.3, -0.25) is 5.01 Å². The fourth-order valence-corrected chi connectivity index (χ4v) is 1.07. The highest BCUT2D eigenvalue weighted by molar-refractivity contribution is 5.81. The van der Waals surface area contributed by atoms with E-state index in [-0.39, 0.29) is 6.04 Å². The summed E-state index contributed by atoms with van der Waals surface area (Å²) in [6, 6.07) is 0.275. The minimum Gasteiger partial charge on any atom is -0.292 e. The monoisotopic (exact) mass is 139 g/mol. The van der Waals surface area contributed by atoms with Gasteiger partial charge in [0.2, 0.25) is 0 Å². The summed E-state index contributed by atoms with van der Waals surface area (Å²) in [4.78, 5) is 4.19. The molecular weight excluding hydrogens is 126 g/mol. The molecule has 0 saturated carbocycles. The molecule has 0 fully saturated rings. The van der Waals surface area contributed by atoms with E-state index in [2.05, 4.69) is 4.99 Å². The summed E-state index contributed by atoms with van der Waals surface area (Å²) in [6.45, 7) is 5.93. The van der Waals surface area contributed by atoms with Gasteiger partial charge in [0.15, 0.2) is 0 Å². The van der Waals surface area contributed by atoms with Crippen LogP contribution in [-0.2, 0) is 0 Å².